The van der Waals surface area contributed by atoms with Gasteiger partial charge < -0.3 is 10.4 Å². The van der Waals surface area contributed by atoms with Crippen LogP contribution in [0.1, 0.15) is 23.1 Å². The highest BCUT2D eigenvalue weighted by Crippen LogP contribution is 2.37. The number of benzene rings is 3. The summed E-state index contributed by atoms with van der Waals surface area (Å²) in [5.41, 5.74) is 3.01. The Balaban J connectivity index is 2.03. The summed E-state index contributed by atoms with van der Waals surface area (Å²) in [5.74, 6) is 0.294. The molecular weight excluding hydrogens is 374 g/mol. The molecule has 2 nitrogen and oxygen atoms in total. The third kappa shape index (κ3) is 4.12. The Morgan fingerprint density at radius 1 is 0.840 bits per heavy atom. The molecule has 0 saturated carbocycles. The first-order chi connectivity index (χ1) is 12.2. The van der Waals surface area contributed by atoms with Crippen LogP contribution in [-0.2, 0) is 0 Å². The van der Waals surface area contributed by atoms with Crippen LogP contribution in [0.4, 0.5) is 5.69 Å². The molecule has 0 aliphatic heterocycles. The Bertz CT molecular complexity index is 830. The number of anilines is 1. The van der Waals surface area contributed by atoms with Crippen molar-refractivity contribution in [3.63, 3.8) is 0 Å². The van der Waals surface area contributed by atoms with Gasteiger partial charge in [0.25, 0.3) is 0 Å². The first-order valence-corrected chi connectivity index (χ1v) is 8.96. The van der Waals surface area contributed by atoms with Crippen LogP contribution >= 0.6 is 15.9 Å². The van der Waals surface area contributed by atoms with Gasteiger partial charge in [0.1, 0.15) is 5.75 Å². The van der Waals surface area contributed by atoms with Crippen molar-refractivity contribution in [1.82, 2.24) is 0 Å². The number of phenols is 1. The second-order valence-electron chi connectivity index (χ2n) is 5.86. The average Bonchev–Trinajstić information content (AvgIpc) is 2.65. The molecule has 0 aliphatic carbocycles. The van der Waals surface area contributed by atoms with E-state index in [1.54, 1.807) is 6.07 Å². The van der Waals surface area contributed by atoms with Crippen molar-refractivity contribution in [2.75, 3.05) is 5.32 Å². The number of para-hydroxylation sites is 2. The first kappa shape index (κ1) is 17.3. The molecule has 0 unspecified atom stereocenters. The summed E-state index contributed by atoms with van der Waals surface area (Å²) in [6, 6.07) is 25.7. The second-order valence-corrected chi connectivity index (χ2v) is 6.78. The molecule has 3 rings (SSSR count). The third-order valence-corrected chi connectivity index (χ3v) is 4.77. The highest BCUT2D eigenvalue weighted by molar-refractivity contribution is 9.10. The van der Waals surface area contributed by atoms with E-state index < -0.39 is 0 Å². The Labute approximate surface area is 157 Å². The number of halogens is 1. The lowest BCUT2D eigenvalue weighted by Crippen LogP contribution is -2.18. The summed E-state index contributed by atoms with van der Waals surface area (Å²) < 4.78 is 1.03. The van der Waals surface area contributed by atoms with Gasteiger partial charge >= 0.3 is 0 Å². The van der Waals surface area contributed by atoms with E-state index >= 15 is 0 Å². The van der Waals surface area contributed by atoms with Crippen molar-refractivity contribution in [1.29, 1.82) is 0 Å². The van der Waals surface area contributed by atoms with Gasteiger partial charge in [0, 0.05) is 10.4 Å². The molecule has 3 aromatic rings. The molecule has 0 spiro atoms. The van der Waals surface area contributed by atoms with Gasteiger partial charge in [-0.2, -0.15) is 0 Å². The SMILES string of the molecule is C=C[C@H](c1ccccc1)[C@@H](Nc1ccccc1O)c1ccc(Br)cc1. The van der Waals surface area contributed by atoms with E-state index in [2.05, 4.69) is 52.1 Å². The van der Waals surface area contributed by atoms with Crippen molar-refractivity contribution in [3.05, 3.63) is 107 Å². The Kier molecular flexibility index (Phi) is 5.56. The zero-order valence-corrected chi connectivity index (χ0v) is 15.4. The number of hydrogen-bond donors (Lipinski definition) is 2. The van der Waals surface area contributed by atoms with Gasteiger partial charge in [0.05, 0.1) is 11.7 Å². The fourth-order valence-corrected chi connectivity index (χ4v) is 3.22. The number of rotatable bonds is 6. The largest absolute Gasteiger partial charge is 0.506 e. The maximum Gasteiger partial charge on any atom is 0.138 e. The molecule has 0 saturated heterocycles. The summed E-state index contributed by atoms with van der Waals surface area (Å²) in [5, 5.41) is 13.7. The monoisotopic (exact) mass is 393 g/mol. The number of nitrogens with one attached hydrogen (secondary N) is 1. The minimum absolute atomic E-state index is 0.0544. The lowest BCUT2D eigenvalue weighted by Gasteiger charge is -2.28. The molecule has 0 heterocycles. The smallest absolute Gasteiger partial charge is 0.138 e. The van der Waals surface area contributed by atoms with E-state index in [-0.39, 0.29) is 17.7 Å². The average molecular weight is 394 g/mol. The van der Waals surface area contributed by atoms with E-state index in [9.17, 15) is 5.11 Å². The van der Waals surface area contributed by atoms with Crippen LogP contribution in [0.2, 0.25) is 0 Å². The highest BCUT2D eigenvalue weighted by Gasteiger charge is 2.23. The number of hydrogen-bond acceptors (Lipinski definition) is 2. The topological polar surface area (TPSA) is 32.3 Å². The van der Waals surface area contributed by atoms with E-state index in [1.807, 2.05) is 54.6 Å². The predicted octanol–water partition coefficient (Wildman–Crippen LogP) is 6.28. The predicted molar refractivity (Wildman–Crippen MR) is 108 cm³/mol. The molecule has 126 valence electrons. The normalized spacial score (nSPS) is 13.0. The van der Waals surface area contributed by atoms with Crippen LogP contribution in [0.15, 0.2) is 96.0 Å². The quantitative estimate of drug-likeness (QED) is 0.381. The Morgan fingerprint density at radius 2 is 1.48 bits per heavy atom. The first-order valence-electron chi connectivity index (χ1n) is 8.16. The van der Waals surface area contributed by atoms with Gasteiger partial charge in [-0.05, 0) is 35.4 Å². The van der Waals surface area contributed by atoms with Gasteiger partial charge in [-0.3, -0.25) is 0 Å². The minimum Gasteiger partial charge on any atom is -0.506 e. The van der Waals surface area contributed by atoms with Crippen molar-refractivity contribution < 1.29 is 5.11 Å². The second kappa shape index (κ2) is 8.04. The maximum atomic E-state index is 10.2. The number of aromatic hydroxyl groups is 1. The molecule has 0 amide bonds. The van der Waals surface area contributed by atoms with Crippen molar-refractivity contribution in [3.8, 4) is 5.75 Å². The van der Waals surface area contributed by atoms with Gasteiger partial charge in [-0.1, -0.05) is 76.6 Å². The molecule has 2 N–H and O–H groups in total. The molecule has 0 fully saturated rings. The number of phenolic OH excluding ortho intramolecular Hbond substituents is 1. The standard InChI is InChI=1S/C22H20BrNO/c1-2-19(16-8-4-3-5-9-16)22(17-12-14-18(23)15-13-17)24-20-10-6-7-11-21(20)25/h2-15,19,22,24-25H,1H2/t19-,22+/m1/s1. The molecule has 0 radical (unpaired) electrons. The lowest BCUT2D eigenvalue weighted by molar-refractivity contribution is 0.476. The summed E-state index contributed by atoms with van der Waals surface area (Å²) in [4.78, 5) is 0. The fourth-order valence-electron chi connectivity index (χ4n) is 2.95. The zero-order valence-electron chi connectivity index (χ0n) is 13.8. The molecule has 2 atom stereocenters. The molecule has 25 heavy (non-hydrogen) atoms. The van der Waals surface area contributed by atoms with Crippen molar-refractivity contribution in [2.24, 2.45) is 0 Å². The summed E-state index contributed by atoms with van der Waals surface area (Å²) in [6.45, 7) is 4.05. The van der Waals surface area contributed by atoms with Crippen LogP contribution in [0.5, 0.6) is 5.75 Å². The van der Waals surface area contributed by atoms with Gasteiger partial charge in [-0.25, -0.2) is 0 Å². The summed E-state index contributed by atoms with van der Waals surface area (Å²) in [6.07, 6.45) is 1.95. The molecule has 0 bridgehead atoms. The molecular formula is C22H20BrNO. The Morgan fingerprint density at radius 3 is 2.12 bits per heavy atom. The minimum atomic E-state index is -0.0544. The van der Waals surface area contributed by atoms with Crippen LogP contribution in [0.25, 0.3) is 0 Å². The van der Waals surface area contributed by atoms with Gasteiger partial charge in [-0.15, -0.1) is 6.58 Å². The van der Waals surface area contributed by atoms with Crippen molar-refractivity contribution in [2.45, 2.75) is 12.0 Å². The van der Waals surface area contributed by atoms with Crippen LogP contribution in [0.3, 0.4) is 0 Å². The van der Waals surface area contributed by atoms with Crippen LogP contribution in [-0.4, -0.2) is 5.11 Å². The summed E-state index contributed by atoms with van der Waals surface area (Å²) >= 11 is 3.49. The molecule has 3 heteroatoms. The molecule has 0 aromatic heterocycles. The van der Waals surface area contributed by atoms with E-state index in [0.29, 0.717) is 5.69 Å². The molecule has 3 aromatic carbocycles. The van der Waals surface area contributed by atoms with Crippen LogP contribution in [0, 0.1) is 0 Å². The van der Waals surface area contributed by atoms with E-state index in [0.717, 1.165) is 10.0 Å². The lowest BCUT2D eigenvalue weighted by atomic mass is 9.87. The Hall–Kier alpha value is -2.52. The van der Waals surface area contributed by atoms with Gasteiger partial charge in [0.2, 0.25) is 0 Å². The third-order valence-electron chi connectivity index (χ3n) is 4.24. The van der Waals surface area contributed by atoms with Crippen molar-refractivity contribution >= 4 is 21.6 Å². The fraction of sp³-hybridized carbons (Fsp3) is 0.0909. The zero-order chi connectivity index (χ0) is 17.6. The molecule has 0 aliphatic rings. The van der Waals surface area contributed by atoms with Crippen LogP contribution < -0.4 is 5.32 Å². The highest BCUT2D eigenvalue weighted by atomic mass is 79.9. The summed E-state index contributed by atoms with van der Waals surface area (Å²) in [7, 11) is 0. The van der Waals surface area contributed by atoms with E-state index in [1.165, 1.54) is 5.56 Å². The van der Waals surface area contributed by atoms with E-state index in [4.69, 9.17) is 0 Å². The van der Waals surface area contributed by atoms with Gasteiger partial charge in [0.15, 0.2) is 0 Å². The maximum absolute atomic E-state index is 10.2.